The third-order valence-corrected chi connectivity index (χ3v) is 11.3. The van der Waals surface area contributed by atoms with E-state index < -0.39 is 0 Å². The predicted octanol–water partition coefficient (Wildman–Crippen LogP) is 12.3. The van der Waals surface area contributed by atoms with E-state index in [0.29, 0.717) is 5.92 Å². The number of fused-ring (bicyclic) bond motifs is 8. The van der Waals surface area contributed by atoms with Gasteiger partial charge in [0.2, 0.25) is 0 Å². The summed E-state index contributed by atoms with van der Waals surface area (Å²) >= 11 is 1.91. The van der Waals surface area contributed by atoms with Crippen LogP contribution in [0.15, 0.2) is 157 Å². The third kappa shape index (κ3) is 3.99. The van der Waals surface area contributed by atoms with E-state index in [9.17, 15) is 0 Å². The molecule has 7 aromatic rings. The van der Waals surface area contributed by atoms with E-state index in [0.717, 1.165) is 6.42 Å². The Morgan fingerprint density at radius 1 is 0.667 bits per heavy atom. The van der Waals surface area contributed by atoms with Crippen LogP contribution in [0.3, 0.4) is 0 Å². The molecule has 0 saturated heterocycles. The molecule has 1 atom stereocenters. The van der Waals surface area contributed by atoms with Crippen LogP contribution in [0, 0.1) is 0 Å². The van der Waals surface area contributed by atoms with Crippen molar-refractivity contribution >= 4 is 53.7 Å². The smallest absolute Gasteiger partial charge is 0.0558 e. The van der Waals surface area contributed by atoms with Crippen LogP contribution in [0.1, 0.15) is 37.3 Å². The molecule has 0 amide bonds. The number of benzene rings is 6. The molecule has 6 aromatic carbocycles. The average Bonchev–Trinajstić information content (AvgIpc) is 3.59. The van der Waals surface area contributed by atoms with Gasteiger partial charge in [0, 0.05) is 42.8 Å². The van der Waals surface area contributed by atoms with E-state index in [-0.39, 0.29) is 5.41 Å². The summed E-state index contributed by atoms with van der Waals surface area (Å²) in [6, 6.07) is 49.1. The van der Waals surface area contributed by atoms with E-state index in [1.165, 1.54) is 75.8 Å². The summed E-state index contributed by atoms with van der Waals surface area (Å²) in [6.45, 7) is 4.78. The second-order valence-corrected chi connectivity index (χ2v) is 13.9. The summed E-state index contributed by atoms with van der Waals surface area (Å²) in [5, 5.41) is 5.24. The summed E-state index contributed by atoms with van der Waals surface area (Å²) in [6.07, 6.45) is 5.80. The van der Waals surface area contributed by atoms with Crippen LogP contribution < -0.4 is 4.90 Å². The fraction of sp³-hybridized carbons (Fsp3) is 0.116. The molecule has 1 nitrogen and oxygen atoms in total. The predicted molar refractivity (Wildman–Crippen MR) is 194 cm³/mol. The van der Waals surface area contributed by atoms with Crippen molar-refractivity contribution in [1.29, 1.82) is 0 Å². The maximum Gasteiger partial charge on any atom is 0.0558 e. The highest BCUT2D eigenvalue weighted by Gasteiger charge is 2.43. The number of hydrogen-bond acceptors (Lipinski definition) is 2. The fourth-order valence-corrected chi connectivity index (χ4v) is 9.25. The maximum atomic E-state index is 2.59. The second kappa shape index (κ2) is 10.1. The lowest BCUT2D eigenvalue weighted by molar-refractivity contribution is 0.605. The number of anilines is 2. The first-order valence-electron chi connectivity index (χ1n) is 15.9. The normalized spacial score (nSPS) is 16.8. The number of rotatable bonds is 4. The van der Waals surface area contributed by atoms with E-state index in [2.05, 4.69) is 164 Å². The number of thiophene rings is 1. The van der Waals surface area contributed by atoms with E-state index in [4.69, 9.17) is 0 Å². The van der Waals surface area contributed by atoms with Crippen molar-refractivity contribution in [3.63, 3.8) is 0 Å². The molecule has 1 unspecified atom stereocenters. The summed E-state index contributed by atoms with van der Waals surface area (Å²) in [5.74, 6) is 0.359. The van der Waals surface area contributed by atoms with Crippen molar-refractivity contribution in [2.45, 2.75) is 31.6 Å². The molecular formula is C43H33NS. The lowest BCUT2D eigenvalue weighted by atomic mass is 9.78. The second-order valence-electron chi connectivity index (χ2n) is 12.9. The van der Waals surface area contributed by atoms with Crippen LogP contribution in [-0.2, 0) is 5.41 Å². The van der Waals surface area contributed by atoms with Gasteiger partial charge in [0.25, 0.3) is 0 Å². The van der Waals surface area contributed by atoms with Gasteiger partial charge in [0.1, 0.15) is 0 Å². The maximum absolute atomic E-state index is 2.59. The Morgan fingerprint density at radius 3 is 2.27 bits per heavy atom. The Labute approximate surface area is 268 Å². The molecule has 0 saturated carbocycles. The molecule has 2 aliphatic carbocycles. The van der Waals surface area contributed by atoms with E-state index in [1.54, 1.807) is 0 Å². The molecule has 45 heavy (non-hydrogen) atoms. The molecule has 0 radical (unpaired) electrons. The van der Waals surface area contributed by atoms with E-state index in [1.807, 2.05) is 11.3 Å². The van der Waals surface area contributed by atoms with Crippen molar-refractivity contribution in [3.05, 3.63) is 168 Å². The van der Waals surface area contributed by atoms with Gasteiger partial charge in [-0.05, 0) is 58.2 Å². The first-order chi connectivity index (χ1) is 22.1. The van der Waals surface area contributed by atoms with Gasteiger partial charge < -0.3 is 4.90 Å². The molecule has 0 aliphatic heterocycles. The Morgan fingerprint density at radius 2 is 1.38 bits per heavy atom. The Bertz CT molecular complexity index is 2340. The summed E-state index contributed by atoms with van der Waals surface area (Å²) in [4.78, 5) is 2.59. The van der Waals surface area contributed by atoms with Gasteiger partial charge in [-0.2, -0.15) is 0 Å². The van der Waals surface area contributed by atoms with Crippen molar-refractivity contribution in [2.75, 3.05) is 4.90 Å². The standard InChI is InChI=1S/C43H33NS/c1-43(2)36-21-11-8-19-33(36)35-27-30(24-25-37(35)43)44(38-22-12-9-17-31(38)28-14-4-3-5-15-28)39-26-29-16-6-7-18-32(29)42-41(39)34-20-10-13-23-40(34)45-42/h3-26,35H,27H2,1-2H3. The van der Waals surface area contributed by atoms with Crippen LogP contribution in [0.25, 0.3) is 42.1 Å². The highest BCUT2D eigenvalue weighted by atomic mass is 32.1. The molecule has 2 heteroatoms. The van der Waals surface area contributed by atoms with Crippen LogP contribution >= 0.6 is 11.3 Å². The average molecular weight is 596 g/mol. The highest BCUT2D eigenvalue weighted by molar-refractivity contribution is 7.26. The Kier molecular flexibility index (Phi) is 5.92. The Balaban J connectivity index is 1.36. The van der Waals surface area contributed by atoms with Gasteiger partial charge in [-0.1, -0.05) is 141 Å². The number of para-hydroxylation sites is 1. The molecule has 1 heterocycles. The van der Waals surface area contributed by atoms with Crippen LogP contribution in [-0.4, -0.2) is 0 Å². The van der Waals surface area contributed by atoms with Gasteiger partial charge in [-0.3, -0.25) is 0 Å². The van der Waals surface area contributed by atoms with Gasteiger partial charge in [0.15, 0.2) is 0 Å². The molecule has 1 aromatic heterocycles. The molecule has 0 bridgehead atoms. The quantitative estimate of drug-likeness (QED) is 0.196. The summed E-state index contributed by atoms with van der Waals surface area (Å²) < 4.78 is 2.68. The number of hydrogen-bond donors (Lipinski definition) is 0. The summed E-state index contributed by atoms with van der Waals surface area (Å²) in [5.41, 5.74) is 10.7. The minimum absolute atomic E-state index is 0.0237. The first-order valence-corrected chi connectivity index (χ1v) is 16.7. The zero-order valence-electron chi connectivity index (χ0n) is 25.5. The molecule has 0 fully saturated rings. The van der Waals surface area contributed by atoms with Gasteiger partial charge in [-0.25, -0.2) is 0 Å². The van der Waals surface area contributed by atoms with E-state index >= 15 is 0 Å². The number of nitrogens with zero attached hydrogens (tertiary/aromatic N) is 1. The lowest BCUT2D eigenvalue weighted by Gasteiger charge is -2.35. The van der Waals surface area contributed by atoms with Crippen molar-refractivity contribution < 1.29 is 0 Å². The van der Waals surface area contributed by atoms with Crippen molar-refractivity contribution in [1.82, 2.24) is 0 Å². The fourth-order valence-electron chi connectivity index (χ4n) is 7.99. The SMILES string of the molecule is CC1(C)C2=CC=C(N(c3ccccc3-c3ccccc3)c3cc4ccccc4c4sc5ccccc5c34)CC2c2ccccc21. The molecule has 9 rings (SSSR count). The van der Waals surface area contributed by atoms with Crippen LogP contribution in [0.5, 0.6) is 0 Å². The topological polar surface area (TPSA) is 3.24 Å². The van der Waals surface area contributed by atoms with Crippen molar-refractivity contribution in [3.8, 4) is 11.1 Å². The molecule has 2 aliphatic rings. The molecule has 0 spiro atoms. The van der Waals surface area contributed by atoms with Crippen LogP contribution in [0.4, 0.5) is 11.4 Å². The van der Waals surface area contributed by atoms with Crippen molar-refractivity contribution in [2.24, 2.45) is 0 Å². The summed E-state index contributed by atoms with van der Waals surface area (Å²) in [7, 11) is 0. The minimum Gasteiger partial charge on any atom is -0.313 e. The largest absolute Gasteiger partial charge is 0.313 e. The zero-order valence-corrected chi connectivity index (χ0v) is 26.3. The zero-order chi connectivity index (χ0) is 30.1. The minimum atomic E-state index is 0.0237. The highest BCUT2D eigenvalue weighted by Crippen LogP contribution is 2.56. The number of allylic oxidation sites excluding steroid dienone is 4. The first kappa shape index (κ1) is 26.5. The monoisotopic (exact) mass is 595 g/mol. The van der Waals surface area contributed by atoms with Gasteiger partial charge in [0.05, 0.1) is 11.4 Å². The van der Waals surface area contributed by atoms with Gasteiger partial charge >= 0.3 is 0 Å². The third-order valence-electron chi connectivity index (χ3n) is 10.1. The molecule has 216 valence electrons. The molecule has 0 N–H and O–H groups in total. The lowest BCUT2D eigenvalue weighted by Crippen LogP contribution is -2.23. The Hall–Kier alpha value is -4.92. The van der Waals surface area contributed by atoms with Gasteiger partial charge in [-0.15, -0.1) is 11.3 Å². The van der Waals surface area contributed by atoms with Crippen LogP contribution in [0.2, 0.25) is 0 Å². The molecular weight excluding hydrogens is 563 g/mol.